The molecule has 0 amide bonds. The molecule has 4 heteroatoms. The van der Waals surface area contributed by atoms with E-state index in [2.05, 4.69) is 5.32 Å². The van der Waals surface area contributed by atoms with Crippen molar-refractivity contribution in [1.29, 1.82) is 0 Å². The maximum atomic E-state index is 12.0. The maximum Gasteiger partial charge on any atom is 0.326 e. The van der Waals surface area contributed by atoms with Gasteiger partial charge in [0.05, 0.1) is 7.11 Å². The summed E-state index contributed by atoms with van der Waals surface area (Å²) in [6.07, 6.45) is 4.42. The van der Waals surface area contributed by atoms with Crippen molar-refractivity contribution in [2.75, 3.05) is 25.2 Å². The zero-order chi connectivity index (χ0) is 10.7. The van der Waals surface area contributed by atoms with Gasteiger partial charge in [0.15, 0.2) is 0 Å². The highest BCUT2D eigenvalue weighted by molar-refractivity contribution is 7.99. The first-order valence-corrected chi connectivity index (χ1v) is 6.86. The van der Waals surface area contributed by atoms with E-state index in [1.807, 2.05) is 11.8 Å². The molecule has 3 nitrogen and oxygen atoms in total. The fourth-order valence-corrected chi connectivity index (χ4v) is 4.08. The van der Waals surface area contributed by atoms with Gasteiger partial charge in [-0.05, 0) is 49.7 Å². The van der Waals surface area contributed by atoms with Crippen LogP contribution in [-0.2, 0) is 9.53 Å². The van der Waals surface area contributed by atoms with Crippen molar-refractivity contribution in [2.24, 2.45) is 5.92 Å². The number of methoxy groups -OCH3 is 1. The third kappa shape index (κ3) is 2.02. The van der Waals surface area contributed by atoms with E-state index in [4.69, 9.17) is 4.74 Å². The predicted octanol–water partition coefficient (Wildman–Crippen LogP) is 1.42. The highest BCUT2D eigenvalue weighted by Gasteiger charge is 2.48. The fourth-order valence-electron chi connectivity index (χ4n) is 2.72. The highest BCUT2D eigenvalue weighted by Crippen LogP contribution is 2.37. The van der Waals surface area contributed by atoms with Gasteiger partial charge in [0.25, 0.3) is 0 Å². The van der Waals surface area contributed by atoms with Gasteiger partial charge in [-0.1, -0.05) is 0 Å². The van der Waals surface area contributed by atoms with E-state index in [9.17, 15) is 4.79 Å². The number of carbonyl (C=O) groups is 1. The minimum atomic E-state index is -0.365. The lowest BCUT2D eigenvalue weighted by atomic mass is 9.77. The Balaban J connectivity index is 2.16. The molecule has 0 saturated carbocycles. The lowest BCUT2D eigenvalue weighted by Gasteiger charge is -2.40. The summed E-state index contributed by atoms with van der Waals surface area (Å²) >= 11 is 1.95. The Labute approximate surface area is 95.3 Å². The molecule has 2 fully saturated rings. The van der Waals surface area contributed by atoms with Crippen LogP contribution >= 0.6 is 11.8 Å². The summed E-state index contributed by atoms with van der Waals surface area (Å²) in [7, 11) is 1.50. The van der Waals surface area contributed by atoms with Gasteiger partial charge in [-0.3, -0.25) is 4.79 Å². The second-order valence-corrected chi connectivity index (χ2v) is 5.56. The molecule has 0 aromatic carbocycles. The molecule has 0 radical (unpaired) electrons. The number of thioether (sulfide) groups is 1. The van der Waals surface area contributed by atoms with Crippen LogP contribution in [0.3, 0.4) is 0 Å². The van der Waals surface area contributed by atoms with Crippen LogP contribution in [0, 0.1) is 5.92 Å². The van der Waals surface area contributed by atoms with Gasteiger partial charge in [0.1, 0.15) is 5.54 Å². The molecule has 0 aliphatic carbocycles. The Bertz CT molecular complexity index is 233. The van der Waals surface area contributed by atoms with Crippen LogP contribution in [0.1, 0.15) is 25.7 Å². The molecular weight excluding hydrogens is 210 g/mol. The summed E-state index contributed by atoms with van der Waals surface area (Å²) in [6, 6.07) is 0. The molecule has 86 valence electrons. The Morgan fingerprint density at radius 2 is 2.40 bits per heavy atom. The fraction of sp³-hybridized carbons (Fsp3) is 0.909. The van der Waals surface area contributed by atoms with Gasteiger partial charge < -0.3 is 10.1 Å². The van der Waals surface area contributed by atoms with Gasteiger partial charge in [-0.25, -0.2) is 0 Å². The minimum absolute atomic E-state index is 0.0466. The van der Waals surface area contributed by atoms with E-state index in [0.717, 1.165) is 31.6 Å². The topological polar surface area (TPSA) is 38.3 Å². The quantitative estimate of drug-likeness (QED) is 0.727. The molecule has 2 saturated heterocycles. The minimum Gasteiger partial charge on any atom is -0.468 e. The summed E-state index contributed by atoms with van der Waals surface area (Å²) in [4.78, 5) is 12.0. The van der Waals surface area contributed by atoms with E-state index < -0.39 is 0 Å². The van der Waals surface area contributed by atoms with Gasteiger partial charge >= 0.3 is 5.97 Å². The highest BCUT2D eigenvalue weighted by atomic mass is 32.2. The number of ether oxygens (including phenoxy) is 1. The zero-order valence-corrected chi connectivity index (χ0v) is 10.1. The summed E-state index contributed by atoms with van der Waals surface area (Å²) < 4.78 is 4.99. The van der Waals surface area contributed by atoms with Gasteiger partial charge in [-0.2, -0.15) is 11.8 Å². The molecule has 0 aromatic heterocycles. The molecule has 2 atom stereocenters. The second kappa shape index (κ2) is 4.74. The van der Waals surface area contributed by atoms with Crippen molar-refractivity contribution in [2.45, 2.75) is 31.2 Å². The van der Waals surface area contributed by atoms with Gasteiger partial charge in [0, 0.05) is 0 Å². The van der Waals surface area contributed by atoms with Crippen molar-refractivity contribution in [3.05, 3.63) is 0 Å². The lowest BCUT2D eigenvalue weighted by molar-refractivity contribution is -0.152. The van der Waals surface area contributed by atoms with Crippen LogP contribution in [-0.4, -0.2) is 36.7 Å². The first-order valence-electron chi connectivity index (χ1n) is 5.71. The molecule has 0 bridgehead atoms. The smallest absolute Gasteiger partial charge is 0.326 e. The molecule has 2 rings (SSSR count). The number of hydrogen-bond acceptors (Lipinski definition) is 4. The average molecular weight is 229 g/mol. The van der Waals surface area contributed by atoms with Crippen LogP contribution < -0.4 is 5.32 Å². The monoisotopic (exact) mass is 229 g/mol. The third-order valence-corrected chi connectivity index (χ3v) is 4.78. The largest absolute Gasteiger partial charge is 0.468 e. The van der Waals surface area contributed by atoms with Crippen molar-refractivity contribution in [3.63, 3.8) is 0 Å². The summed E-state index contributed by atoms with van der Waals surface area (Å²) in [5.74, 6) is 2.71. The molecule has 1 N–H and O–H groups in total. The molecule has 15 heavy (non-hydrogen) atoms. The lowest BCUT2D eigenvalue weighted by Crippen LogP contribution is -2.60. The number of rotatable bonds is 2. The van der Waals surface area contributed by atoms with Crippen molar-refractivity contribution < 1.29 is 9.53 Å². The Morgan fingerprint density at radius 3 is 2.93 bits per heavy atom. The van der Waals surface area contributed by atoms with Crippen molar-refractivity contribution >= 4 is 17.7 Å². The van der Waals surface area contributed by atoms with Crippen LogP contribution in [0.25, 0.3) is 0 Å². The summed E-state index contributed by atoms with van der Waals surface area (Å²) in [5, 5.41) is 3.44. The van der Waals surface area contributed by atoms with Gasteiger partial charge in [0.2, 0.25) is 0 Å². The third-order valence-electron chi connectivity index (χ3n) is 3.61. The second-order valence-electron chi connectivity index (χ2n) is 4.41. The molecule has 2 aliphatic heterocycles. The first-order chi connectivity index (χ1) is 7.29. The molecule has 2 unspecified atom stereocenters. The summed E-state index contributed by atoms with van der Waals surface area (Å²) in [5.41, 5.74) is -0.365. The van der Waals surface area contributed by atoms with Crippen LogP contribution in [0.5, 0.6) is 0 Å². The maximum absolute atomic E-state index is 12.0. The number of carbonyl (C=O) groups excluding carboxylic acids is 1. The van der Waals surface area contributed by atoms with Crippen molar-refractivity contribution in [1.82, 2.24) is 5.32 Å². The molecule has 2 heterocycles. The number of hydrogen-bond donors (Lipinski definition) is 1. The first kappa shape index (κ1) is 11.3. The van der Waals surface area contributed by atoms with Crippen LogP contribution in [0.2, 0.25) is 0 Å². The van der Waals surface area contributed by atoms with Crippen LogP contribution in [0.4, 0.5) is 0 Å². The number of esters is 1. The number of nitrogens with one attached hydrogen (secondary N) is 1. The SMILES string of the molecule is COC(=O)C1(C2CCSC2)CCCCN1. The van der Waals surface area contributed by atoms with E-state index in [0.29, 0.717) is 5.92 Å². The van der Waals surface area contributed by atoms with E-state index >= 15 is 0 Å². The van der Waals surface area contributed by atoms with Crippen LogP contribution in [0.15, 0.2) is 0 Å². The predicted molar refractivity (Wildman–Crippen MR) is 62.0 cm³/mol. The van der Waals surface area contributed by atoms with Gasteiger partial charge in [-0.15, -0.1) is 0 Å². The Hall–Kier alpha value is -0.220. The van der Waals surface area contributed by atoms with E-state index in [-0.39, 0.29) is 11.5 Å². The standard InChI is InChI=1S/C11H19NO2S/c1-14-10(13)11(5-2-3-6-12-11)9-4-7-15-8-9/h9,12H,2-8H2,1H3. The van der Waals surface area contributed by atoms with E-state index in [1.165, 1.54) is 19.3 Å². The molecule has 2 aliphatic rings. The number of piperidine rings is 1. The Kier molecular flexibility index (Phi) is 3.57. The average Bonchev–Trinajstić information content (AvgIpc) is 2.83. The van der Waals surface area contributed by atoms with Crippen molar-refractivity contribution in [3.8, 4) is 0 Å². The molecule has 0 spiro atoms. The zero-order valence-electron chi connectivity index (χ0n) is 9.25. The summed E-state index contributed by atoms with van der Waals surface area (Å²) in [6.45, 7) is 0.955. The normalized spacial score (nSPS) is 36.5. The molecule has 0 aromatic rings. The molecular formula is C11H19NO2S. The Morgan fingerprint density at radius 1 is 1.53 bits per heavy atom. The van der Waals surface area contributed by atoms with E-state index in [1.54, 1.807) is 0 Å².